The van der Waals surface area contributed by atoms with Crippen molar-refractivity contribution in [3.05, 3.63) is 34.2 Å². The van der Waals surface area contributed by atoms with Crippen molar-refractivity contribution in [2.45, 2.75) is 26.4 Å². The quantitative estimate of drug-likeness (QED) is 0.475. The molecule has 0 aliphatic heterocycles. The van der Waals surface area contributed by atoms with Crippen molar-refractivity contribution >= 4 is 33.2 Å². The molecule has 0 fully saturated rings. The lowest BCUT2D eigenvalue weighted by Crippen LogP contribution is -2.11. The third-order valence-electron chi connectivity index (χ3n) is 3.13. The number of ketones is 1. The maximum Gasteiger partial charge on any atom is 0.416 e. The summed E-state index contributed by atoms with van der Waals surface area (Å²) in [7, 11) is 0. The van der Waals surface area contributed by atoms with Crippen LogP contribution >= 0.6 is 11.3 Å². The van der Waals surface area contributed by atoms with Gasteiger partial charge < -0.3 is 4.74 Å². The zero-order valence-corrected chi connectivity index (χ0v) is 12.7. The molecule has 1 heterocycles. The van der Waals surface area contributed by atoms with Gasteiger partial charge in [0.05, 0.1) is 17.0 Å². The summed E-state index contributed by atoms with van der Waals surface area (Å²) in [5.41, 5.74) is -0.300. The van der Waals surface area contributed by atoms with Crippen molar-refractivity contribution in [1.82, 2.24) is 0 Å². The van der Waals surface area contributed by atoms with E-state index in [9.17, 15) is 22.8 Å². The predicted octanol–water partition coefficient (Wildman–Crippen LogP) is 4.36. The van der Waals surface area contributed by atoms with E-state index in [0.717, 1.165) is 23.5 Å². The summed E-state index contributed by atoms with van der Waals surface area (Å²) in [5.74, 6) is -1.08. The van der Waals surface area contributed by atoms with E-state index in [1.807, 2.05) is 0 Å². The highest BCUT2D eigenvalue weighted by Crippen LogP contribution is 2.37. The first-order valence-electron chi connectivity index (χ1n) is 6.53. The normalized spacial score (nSPS) is 11.7. The summed E-state index contributed by atoms with van der Waals surface area (Å²) in [5, 5.41) is 0.382. The molecule has 0 bridgehead atoms. The monoisotopic (exact) mass is 330 g/mol. The van der Waals surface area contributed by atoms with Gasteiger partial charge in [0, 0.05) is 4.70 Å². The number of Topliss-reactive ketones (excluding diaryl/α,β-unsaturated/α-hetero) is 1. The molecular weight excluding hydrogens is 317 g/mol. The van der Waals surface area contributed by atoms with Crippen LogP contribution in [0.5, 0.6) is 0 Å². The molecule has 22 heavy (non-hydrogen) atoms. The van der Waals surface area contributed by atoms with E-state index in [1.165, 1.54) is 6.07 Å². The summed E-state index contributed by atoms with van der Waals surface area (Å²) in [6, 6.07) is 3.36. The summed E-state index contributed by atoms with van der Waals surface area (Å²) in [6.45, 7) is 3.38. The first-order chi connectivity index (χ1) is 10.2. The molecule has 7 heteroatoms. The summed E-state index contributed by atoms with van der Waals surface area (Å²) >= 11 is 1.09. The van der Waals surface area contributed by atoms with Gasteiger partial charge in [-0.3, -0.25) is 9.59 Å². The van der Waals surface area contributed by atoms with Crippen LogP contribution in [0.1, 0.15) is 34.1 Å². The second-order valence-corrected chi connectivity index (χ2v) is 5.72. The van der Waals surface area contributed by atoms with Crippen LogP contribution < -0.4 is 0 Å². The maximum atomic E-state index is 12.7. The third kappa shape index (κ3) is 3.30. The summed E-state index contributed by atoms with van der Waals surface area (Å²) < 4.78 is 43.5. The van der Waals surface area contributed by atoms with Crippen LogP contribution in [0, 0.1) is 6.92 Å². The van der Waals surface area contributed by atoms with Crippen molar-refractivity contribution in [2.24, 2.45) is 0 Å². The predicted molar refractivity (Wildman–Crippen MR) is 77.1 cm³/mol. The van der Waals surface area contributed by atoms with Gasteiger partial charge in [-0.25, -0.2) is 0 Å². The van der Waals surface area contributed by atoms with Gasteiger partial charge in [0.15, 0.2) is 5.78 Å². The Hall–Kier alpha value is -1.89. The minimum Gasteiger partial charge on any atom is -0.466 e. The average molecular weight is 330 g/mol. The zero-order chi connectivity index (χ0) is 16.5. The number of benzene rings is 1. The number of carbonyl (C=O) groups is 2. The number of thiophene rings is 1. The first kappa shape index (κ1) is 16.5. The highest BCUT2D eigenvalue weighted by atomic mass is 32.1. The Morgan fingerprint density at radius 2 is 1.95 bits per heavy atom. The first-order valence-corrected chi connectivity index (χ1v) is 7.34. The number of halogens is 3. The number of ether oxygens (including phenoxy) is 1. The number of hydrogen-bond donors (Lipinski definition) is 0. The largest absolute Gasteiger partial charge is 0.466 e. The van der Waals surface area contributed by atoms with Crippen LogP contribution in [-0.4, -0.2) is 18.4 Å². The van der Waals surface area contributed by atoms with Gasteiger partial charge in [0.1, 0.15) is 6.42 Å². The molecule has 0 radical (unpaired) electrons. The number of hydrogen-bond acceptors (Lipinski definition) is 4. The number of carbonyl (C=O) groups excluding carboxylic acids is 2. The molecule has 0 amide bonds. The fourth-order valence-electron chi connectivity index (χ4n) is 2.09. The molecule has 0 N–H and O–H groups in total. The molecule has 0 unspecified atom stereocenters. The second-order valence-electron chi connectivity index (χ2n) is 4.67. The van der Waals surface area contributed by atoms with E-state index in [0.29, 0.717) is 20.5 Å². The standard InChI is InChI=1S/C15H13F3O3S/c1-3-21-13(20)7-11(19)14-8(2)10-6-9(15(16,17)18)4-5-12(10)22-14/h4-6H,3,7H2,1-2H3. The van der Waals surface area contributed by atoms with E-state index in [2.05, 4.69) is 0 Å². The Balaban J connectivity index is 2.38. The van der Waals surface area contributed by atoms with Crippen molar-refractivity contribution in [3.8, 4) is 0 Å². The Morgan fingerprint density at radius 3 is 2.55 bits per heavy atom. The Morgan fingerprint density at radius 1 is 1.27 bits per heavy atom. The Bertz CT molecular complexity index is 731. The number of fused-ring (bicyclic) bond motifs is 1. The molecule has 3 nitrogen and oxygen atoms in total. The molecule has 0 saturated carbocycles. The number of aryl methyl sites for hydroxylation is 1. The number of esters is 1. The van der Waals surface area contributed by atoms with Gasteiger partial charge in [-0.2, -0.15) is 13.2 Å². The van der Waals surface area contributed by atoms with E-state index < -0.39 is 29.9 Å². The number of alkyl halides is 3. The molecule has 0 aliphatic carbocycles. The fraction of sp³-hybridized carbons (Fsp3) is 0.333. The van der Waals surface area contributed by atoms with Crippen LogP contribution in [0.3, 0.4) is 0 Å². The van der Waals surface area contributed by atoms with Crippen molar-refractivity contribution in [3.63, 3.8) is 0 Å². The zero-order valence-electron chi connectivity index (χ0n) is 11.9. The van der Waals surface area contributed by atoms with Crippen LogP contribution in [0.25, 0.3) is 10.1 Å². The Kier molecular flexibility index (Phi) is 4.55. The molecule has 0 atom stereocenters. The number of rotatable bonds is 4. The molecule has 0 spiro atoms. The maximum absolute atomic E-state index is 12.7. The van der Waals surface area contributed by atoms with Gasteiger partial charge in [-0.15, -0.1) is 11.3 Å². The molecule has 0 aliphatic rings. The van der Waals surface area contributed by atoms with Crippen LogP contribution in [0.15, 0.2) is 18.2 Å². The average Bonchev–Trinajstić information content (AvgIpc) is 2.75. The van der Waals surface area contributed by atoms with Crippen LogP contribution in [0.4, 0.5) is 13.2 Å². The van der Waals surface area contributed by atoms with E-state index in [1.54, 1.807) is 13.8 Å². The van der Waals surface area contributed by atoms with Gasteiger partial charge >= 0.3 is 12.1 Å². The van der Waals surface area contributed by atoms with E-state index >= 15 is 0 Å². The molecule has 2 rings (SSSR count). The summed E-state index contributed by atoms with van der Waals surface area (Å²) in [4.78, 5) is 23.7. The van der Waals surface area contributed by atoms with Gasteiger partial charge in [-0.1, -0.05) is 0 Å². The van der Waals surface area contributed by atoms with Crippen LogP contribution in [0.2, 0.25) is 0 Å². The molecule has 118 valence electrons. The minimum absolute atomic E-state index is 0.173. The van der Waals surface area contributed by atoms with Gasteiger partial charge in [0.2, 0.25) is 0 Å². The van der Waals surface area contributed by atoms with Gasteiger partial charge in [-0.05, 0) is 43.0 Å². The van der Waals surface area contributed by atoms with E-state index in [4.69, 9.17) is 4.74 Å². The van der Waals surface area contributed by atoms with Crippen LogP contribution in [-0.2, 0) is 15.7 Å². The lowest BCUT2D eigenvalue weighted by atomic mass is 10.1. The van der Waals surface area contributed by atoms with E-state index in [-0.39, 0.29) is 6.61 Å². The SMILES string of the molecule is CCOC(=O)CC(=O)c1sc2ccc(C(F)(F)F)cc2c1C. The van der Waals surface area contributed by atoms with Gasteiger partial charge in [0.25, 0.3) is 0 Å². The molecular formula is C15H13F3O3S. The minimum atomic E-state index is -4.43. The van der Waals surface area contributed by atoms with Crippen molar-refractivity contribution in [2.75, 3.05) is 6.61 Å². The molecule has 1 aromatic carbocycles. The molecule has 0 saturated heterocycles. The lowest BCUT2D eigenvalue weighted by molar-refractivity contribution is -0.142. The third-order valence-corrected chi connectivity index (χ3v) is 4.44. The molecule has 1 aromatic heterocycles. The topological polar surface area (TPSA) is 43.4 Å². The molecule has 2 aromatic rings. The highest BCUT2D eigenvalue weighted by molar-refractivity contribution is 7.21. The smallest absolute Gasteiger partial charge is 0.416 e. The Labute approximate surface area is 128 Å². The highest BCUT2D eigenvalue weighted by Gasteiger charge is 2.31. The second kappa shape index (κ2) is 6.08. The van der Waals surface area contributed by atoms with Crippen molar-refractivity contribution < 1.29 is 27.5 Å². The fourth-order valence-corrected chi connectivity index (χ4v) is 3.21. The lowest BCUT2D eigenvalue weighted by Gasteiger charge is -2.06. The summed E-state index contributed by atoms with van der Waals surface area (Å²) in [6.07, 6.45) is -4.84. The van der Waals surface area contributed by atoms with Crippen molar-refractivity contribution in [1.29, 1.82) is 0 Å².